The molecule has 1 amide bonds. The van der Waals surface area contributed by atoms with Crippen LogP contribution in [0, 0.1) is 6.92 Å². The number of benzene rings is 3. The van der Waals surface area contributed by atoms with Crippen LogP contribution in [0.2, 0.25) is 0 Å². The maximum atomic E-state index is 12.3. The predicted octanol–water partition coefficient (Wildman–Crippen LogP) is 7.10. The van der Waals surface area contributed by atoms with Crippen molar-refractivity contribution in [2.45, 2.75) is 26.7 Å². The summed E-state index contributed by atoms with van der Waals surface area (Å²) in [6, 6.07) is 21.8. The minimum absolute atomic E-state index is 0.170. The molecule has 1 N–H and O–H groups in total. The molecule has 4 rings (SSSR count). The zero-order valence-electron chi connectivity index (χ0n) is 18.3. The van der Waals surface area contributed by atoms with Gasteiger partial charge in [0.2, 0.25) is 5.91 Å². The molecule has 0 aliphatic rings. The first-order valence-corrected chi connectivity index (χ1v) is 11.6. The Kier molecular flexibility index (Phi) is 6.97. The molecule has 162 valence electrons. The van der Waals surface area contributed by atoms with Crippen molar-refractivity contribution < 1.29 is 9.53 Å². The number of rotatable bonds is 8. The van der Waals surface area contributed by atoms with Gasteiger partial charge in [-0.2, -0.15) is 0 Å². The second kappa shape index (κ2) is 10.2. The van der Waals surface area contributed by atoms with Gasteiger partial charge < -0.3 is 10.1 Å². The Morgan fingerprint density at radius 2 is 1.84 bits per heavy atom. The molecule has 3 aromatic carbocycles. The Morgan fingerprint density at radius 1 is 1.06 bits per heavy atom. The summed E-state index contributed by atoms with van der Waals surface area (Å²) >= 11 is 1.68. The Hall–Kier alpha value is -3.44. The van der Waals surface area contributed by atoms with E-state index in [0.717, 1.165) is 52.5 Å². The highest BCUT2D eigenvalue weighted by Gasteiger charge is 2.07. The highest BCUT2D eigenvalue weighted by Crippen LogP contribution is 2.31. The minimum atomic E-state index is -0.170. The molecular weight excluding hydrogens is 416 g/mol. The average molecular weight is 443 g/mol. The van der Waals surface area contributed by atoms with Crippen LogP contribution in [0.1, 0.15) is 30.9 Å². The summed E-state index contributed by atoms with van der Waals surface area (Å²) in [4.78, 5) is 17.0. The number of unbranched alkanes of at least 4 members (excludes halogenated alkanes) is 1. The van der Waals surface area contributed by atoms with Crippen molar-refractivity contribution in [3.8, 4) is 16.3 Å². The number of carbonyl (C=O) groups excluding carboxylic acids is 1. The molecule has 32 heavy (non-hydrogen) atoms. The van der Waals surface area contributed by atoms with Crippen LogP contribution < -0.4 is 10.1 Å². The fourth-order valence-electron chi connectivity index (χ4n) is 3.22. The van der Waals surface area contributed by atoms with Crippen LogP contribution in [0.4, 0.5) is 5.69 Å². The Balaban J connectivity index is 1.35. The number of aromatic nitrogens is 1. The third-order valence-corrected chi connectivity index (χ3v) is 6.08. The third-order valence-electron chi connectivity index (χ3n) is 5.02. The van der Waals surface area contributed by atoms with E-state index in [4.69, 9.17) is 9.72 Å². The molecule has 0 spiro atoms. The van der Waals surface area contributed by atoms with Crippen molar-refractivity contribution in [3.63, 3.8) is 0 Å². The second-order valence-electron chi connectivity index (χ2n) is 7.66. The van der Waals surface area contributed by atoms with Crippen LogP contribution >= 0.6 is 11.3 Å². The number of carbonyl (C=O) groups is 1. The van der Waals surface area contributed by atoms with Gasteiger partial charge in [0, 0.05) is 17.3 Å². The van der Waals surface area contributed by atoms with Gasteiger partial charge in [0.1, 0.15) is 10.8 Å². The molecule has 0 aliphatic carbocycles. The standard InChI is InChI=1S/C27H26N2O2S/c1-3-4-17-31-23-13-6-20(7-14-23)8-16-26(30)28-22-11-9-21(10-12-22)27-29-24-15-5-19(2)18-25(24)32-27/h5-16,18H,3-4,17H2,1-2H3,(H,28,30)/b16-8+. The molecule has 4 nitrogen and oxygen atoms in total. The SMILES string of the molecule is CCCCOc1ccc(/C=C/C(=O)Nc2ccc(-c3nc4ccc(C)cc4s3)cc2)cc1. The van der Waals surface area contributed by atoms with Gasteiger partial charge in [0.25, 0.3) is 0 Å². The molecule has 5 heteroatoms. The molecule has 0 saturated carbocycles. The van der Waals surface area contributed by atoms with Crippen molar-refractivity contribution in [1.82, 2.24) is 4.98 Å². The van der Waals surface area contributed by atoms with E-state index in [1.165, 1.54) is 16.3 Å². The quantitative estimate of drug-likeness (QED) is 0.234. The lowest BCUT2D eigenvalue weighted by atomic mass is 10.2. The van der Waals surface area contributed by atoms with E-state index in [-0.39, 0.29) is 5.91 Å². The van der Waals surface area contributed by atoms with Gasteiger partial charge in [0.15, 0.2) is 0 Å². The monoisotopic (exact) mass is 442 g/mol. The molecule has 0 unspecified atom stereocenters. The van der Waals surface area contributed by atoms with E-state index in [1.807, 2.05) is 48.5 Å². The molecule has 0 aliphatic heterocycles. The highest BCUT2D eigenvalue weighted by atomic mass is 32.1. The average Bonchev–Trinajstić information content (AvgIpc) is 3.22. The van der Waals surface area contributed by atoms with E-state index in [0.29, 0.717) is 0 Å². The summed E-state index contributed by atoms with van der Waals surface area (Å²) < 4.78 is 6.85. The van der Waals surface area contributed by atoms with Crippen molar-refractivity contribution in [1.29, 1.82) is 0 Å². The minimum Gasteiger partial charge on any atom is -0.494 e. The van der Waals surface area contributed by atoms with Gasteiger partial charge in [0.05, 0.1) is 16.8 Å². The number of amides is 1. The van der Waals surface area contributed by atoms with E-state index in [9.17, 15) is 4.79 Å². The van der Waals surface area contributed by atoms with E-state index >= 15 is 0 Å². The molecule has 0 fully saturated rings. The zero-order valence-corrected chi connectivity index (χ0v) is 19.1. The fraction of sp³-hybridized carbons (Fsp3) is 0.185. The number of nitrogens with one attached hydrogen (secondary N) is 1. The molecule has 0 radical (unpaired) electrons. The molecule has 1 aromatic heterocycles. The first kappa shape index (κ1) is 21.8. The largest absolute Gasteiger partial charge is 0.494 e. The van der Waals surface area contributed by atoms with E-state index in [2.05, 4.69) is 37.4 Å². The third kappa shape index (κ3) is 5.62. The van der Waals surface area contributed by atoms with Crippen molar-refractivity contribution in [3.05, 3.63) is 83.9 Å². The van der Waals surface area contributed by atoms with Gasteiger partial charge in [-0.15, -0.1) is 11.3 Å². The lowest BCUT2D eigenvalue weighted by molar-refractivity contribution is -0.111. The zero-order chi connectivity index (χ0) is 22.3. The Labute approximate surface area is 192 Å². The van der Waals surface area contributed by atoms with E-state index in [1.54, 1.807) is 17.4 Å². The second-order valence-corrected chi connectivity index (χ2v) is 8.69. The molecule has 0 saturated heterocycles. The van der Waals surface area contributed by atoms with Crippen LogP contribution in [-0.2, 0) is 4.79 Å². The first-order chi connectivity index (χ1) is 15.6. The van der Waals surface area contributed by atoms with Gasteiger partial charge in [-0.25, -0.2) is 4.98 Å². The van der Waals surface area contributed by atoms with E-state index < -0.39 is 0 Å². The molecule has 1 heterocycles. The molecule has 0 atom stereocenters. The maximum absolute atomic E-state index is 12.3. The van der Waals surface area contributed by atoms with Crippen LogP contribution in [0.5, 0.6) is 5.75 Å². The summed E-state index contributed by atoms with van der Waals surface area (Å²) in [7, 11) is 0. The summed E-state index contributed by atoms with van der Waals surface area (Å²) in [6.45, 7) is 4.95. The highest BCUT2D eigenvalue weighted by molar-refractivity contribution is 7.21. The first-order valence-electron chi connectivity index (χ1n) is 10.8. The number of hydrogen-bond donors (Lipinski definition) is 1. The lowest BCUT2D eigenvalue weighted by Gasteiger charge is -2.05. The van der Waals surface area contributed by atoms with Crippen LogP contribution in [0.15, 0.2) is 72.8 Å². The van der Waals surface area contributed by atoms with Gasteiger partial charge in [-0.3, -0.25) is 4.79 Å². The molecular formula is C27H26N2O2S. The molecule has 4 aromatic rings. The number of nitrogens with zero attached hydrogens (tertiary/aromatic N) is 1. The fourth-order valence-corrected chi connectivity index (χ4v) is 4.29. The van der Waals surface area contributed by atoms with Crippen molar-refractivity contribution in [2.24, 2.45) is 0 Å². The molecule has 0 bridgehead atoms. The van der Waals surface area contributed by atoms with Gasteiger partial charge in [-0.1, -0.05) is 31.5 Å². The lowest BCUT2D eigenvalue weighted by Crippen LogP contribution is -2.07. The van der Waals surface area contributed by atoms with Crippen LogP contribution in [0.3, 0.4) is 0 Å². The number of ether oxygens (including phenoxy) is 1. The normalized spacial score (nSPS) is 11.2. The smallest absolute Gasteiger partial charge is 0.248 e. The number of thiazole rings is 1. The number of hydrogen-bond acceptors (Lipinski definition) is 4. The number of aryl methyl sites for hydroxylation is 1. The van der Waals surface area contributed by atoms with Crippen LogP contribution in [-0.4, -0.2) is 17.5 Å². The Morgan fingerprint density at radius 3 is 2.59 bits per heavy atom. The number of anilines is 1. The Bertz CT molecular complexity index is 1220. The summed E-state index contributed by atoms with van der Waals surface area (Å²) in [5, 5.41) is 3.88. The maximum Gasteiger partial charge on any atom is 0.248 e. The van der Waals surface area contributed by atoms with Crippen molar-refractivity contribution in [2.75, 3.05) is 11.9 Å². The summed E-state index contributed by atoms with van der Waals surface area (Å²) in [6.07, 6.45) is 5.49. The van der Waals surface area contributed by atoms with Gasteiger partial charge >= 0.3 is 0 Å². The predicted molar refractivity (Wildman–Crippen MR) is 134 cm³/mol. The van der Waals surface area contributed by atoms with Crippen LogP contribution in [0.25, 0.3) is 26.9 Å². The topological polar surface area (TPSA) is 51.2 Å². The van der Waals surface area contributed by atoms with Gasteiger partial charge in [-0.05, 0) is 79.1 Å². The summed E-state index contributed by atoms with van der Waals surface area (Å²) in [5.41, 5.74) is 4.98. The summed E-state index contributed by atoms with van der Waals surface area (Å²) in [5.74, 6) is 0.680. The number of fused-ring (bicyclic) bond motifs is 1. The van der Waals surface area contributed by atoms with Crippen molar-refractivity contribution >= 4 is 39.2 Å².